The third kappa shape index (κ3) is 6.76. The van der Waals surface area contributed by atoms with Crippen molar-refractivity contribution >= 4 is 56.4 Å². The third-order valence-corrected chi connectivity index (χ3v) is 7.69. The van der Waals surface area contributed by atoms with E-state index in [2.05, 4.69) is 15.9 Å². The van der Waals surface area contributed by atoms with Crippen LogP contribution in [0.4, 0.5) is 0 Å². The summed E-state index contributed by atoms with van der Waals surface area (Å²) in [5, 5.41) is 1.25. The lowest BCUT2D eigenvalue weighted by Crippen LogP contribution is -2.28. The van der Waals surface area contributed by atoms with Crippen LogP contribution in [-0.4, -0.2) is 16.0 Å². The summed E-state index contributed by atoms with van der Waals surface area (Å²) < 4.78 is 7.15. The van der Waals surface area contributed by atoms with Crippen molar-refractivity contribution < 1.29 is 9.53 Å². The van der Waals surface area contributed by atoms with Crippen molar-refractivity contribution in [1.82, 2.24) is 4.90 Å². The number of amidine groups is 1. The molecule has 0 spiro atoms. The Kier molecular flexibility index (Phi) is 8.64. The molecular formula is C31H24BrClN2O2S. The molecule has 0 aliphatic carbocycles. The van der Waals surface area contributed by atoms with Gasteiger partial charge < -0.3 is 4.74 Å². The molecular weight excluding hydrogens is 580 g/mol. The highest BCUT2D eigenvalue weighted by molar-refractivity contribution is 9.10. The molecule has 1 aliphatic rings. The summed E-state index contributed by atoms with van der Waals surface area (Å²) in [5.41, 5.74) is 3.91. The first-order valence-electron chi connectivity index (χ1n) is 12.1. The summed E-state index contributed by atoms with van der Waals surface area (Å²) in [4.78, 5) is 20.8. The molecule has 1 heterocycles. The number of ether oxygens (including phenoxy) is 1. The van der Waals surface area contributed by atoms with Crippen LogP contribution in [0.25, 0.3) is 6.08 Å². The monoisotopic (exact) mass is 602 g/mol. The molecule has 4 aromatic rings. The molecule has 0 aromatic heterocycles. The van der Waals surface area contributed by atoms with Gasteiger partial charge in [0.05, 0.1) is 18.0 Å². The van der Waals surface area contributed by atoms with Gasteiger partial charge in [0.1, 0.15) is 12.4 Å². The van der Waals surface area contributed by atoms with Gasteiger partial charge in [-0.1, -0.05) is 100 Å². The van der Waals surface area contributed by atoms with Crippen molar-refractivity contribution in [1.29, 1.82) is 0 Å². The van der Waals surface area contributed by atoms with Gasteiger partial charge in [0.15, 0.2) is 5.17 Å². The van der Waals surface area contributed by atoms with Crippen molar-refractivity contribution in [3.05, 3.63) is 140 Å². The van der Waals surface area contributed by atoms with Gasteiger partial charge >= 0.3 is 0 Å². The SMILES string of the molecule is O=C1/C(=C\c2cc(Cl)ccc2OCc2ccc(Br)cc2)SC(=NCc2ccccc2)N1Cc1ccccc1. The normalized spacial score (nSPS) is 15.4. The van der Waals surface area contributed by atoms with Crippen LogP contribution < -0.4 is 4.74 Å². The van der Waals surface area contributed by atoms with Gasteiger partial charge in [-0.3, -0.25) is 14.7 Å². The lowest BCUT2D eigenvalue weighted by atomic mass is 10.1. The maximum atomic E-state index is 13.6. The summed E-state index contributed by atoms with van der Waals surface area (Å²) in [5.74, 6) is 0.562. The second-order valence-corrected chi connectivity index (χ2v) is 11.0. The van der Waals surface area contributed by atoms with Crippen LogP contribution in [0.15, 0.2) is 117 Å². The molecule has 1 amide bonds. The summed E-state index contributed by atoms with van der Waals surface area (Å²) >= 11 is 11.2. The lowest BCUT2D eigenvalue weighted by molar-refractivity contribution is -0.122. The van der Waals surface area contributed by atoms with Crippen LogP contribution in [0, 0.1) is 0 Å². The number of halogens is 2. The van der Waals surface area contributed by atoms with E-state index >= 15 is 0 Å². The zero-order chi connectivity index (χ0) is 26.3. The number of thioether (sulfide) groups is 1. The van der Waals surface area contributed by atoms with Crippen LogP contribution in [0.5, 0.6) is 5.75 Å². The van der Waals surface area contributed by atoms with Gasteiger partial charge in [-0.15, -0.1) is 0 Å². The van der Waals surface area contributed by atoms with Gasteiger partial charge in [-0.05, 0) is 64.9 Å². The quantitative estimate of drug-likeness (QED) is 0.190. The van der Waals surface area contributed by atoms with E-state index in [1.54, 1.807) is 11.0 Å². The van der Waals surface area contributed by atoms with E-state index in [0.717, 1.165) is 26.7 Å². The number of carbonyl (C=O) groups excluding carboxylic acids is 1. The van der Waals surface area contributed by atoms with E-state index in [0.29, 0.717) is 40.5 Å². The highest BCUT2D eigenvalue weighted by atomic mass is 79.9. The van der Waals surface area contributed by atoms with E-state index in [-0.39, 0.29) is 5.91 Å². The van der Waals surface area contributed by atoms with E-state index in [9.17, 15) is 4.79 Å². The Labute approximate surface area is 240 Å². The molecule has 4 nitrogen and oxygen atoms in total. The molecule has 1 saturated heterocycles. The number of aliphatic imine (C=N–C) groups is 1. The highest BCUT2D eigenvalue weighted by Crippen LogP contribution is 2.36. The molecule has 1 fully saturated rings. The Morgan fingerprint density at radius 3 is 2.26 bits per heavy atom. The predicted molar refractivity (Wildman–Crippen MR) is 160 cm³/mol. The second kappa shape index (κ2) is 12.5. The minimum Gasteiger partial charge on any atom is -0.488 e. The number of rotatable bonds is 8. The van der Waals surface area contributed by atoms with Gasteiger partial charge in [-0.25, -0.2) is 0 Å². The molecule has 190 valence electrons. The van der Waals surface area contributed by atoms with Crippen molar-refractivity contribution in [2.45, 2.75) is 19.7 Å². The Balaban J connectivity index is 1.43. The summed E-state index contributed by atoms with van der Waals surface area (Å²) in [6.45, 7) is 1.34. The predicted octanol–water partition coefficient (Wildman–Crippen LogP) is 8.35. The smallest absolute Gasteiger partial charge is 0.267 e. The first-order chi connectivity index (χ1) is 18.5. The molecule has 0 saturated carbocycles. The average molecular weight is 604 g/mol. The Hall–Kier alpha value is -3.32. The standard InChI is InChI=1S/C31H24BrClN2O2S/c32-26-13-11-24(12-14-26)21-37-28-16-15-27(33)17-25(28)18-29-30(36)35(20-23-9-5-2-6-10-23)31(38-29)34-19-22-7-3-1-4-8-22/h1-18H,19-21H2/b29-18+,34-31?. The van der Waals surface area contributed by atoms with Gasteiger partial charge in [0.25, 0.3) is 5.91 Å². The van der Waals surface area contributed by atoms with Crippen LogP contribution in [0.1, 0.15) is 22.3 Å². The molecule has 1 aliphatic heterocycles. The van der Waals surface area contributed by atoms with Crippen LogP contribution in [0.2, 0.25) is 5.02 Å². The van der Waals surface area contributed by atoms with Crippen molar-refractivity contribution in [3.63, 3.8) is 0 Å². The fraction of sp³-hybridized carbons (Fsp3) is 0.0968. The lowest BCUT2D eigenvalue weighted by Gasteiger charge is -2.15. The van der Waals surface area contributed by atoms with Crippen LogP contribution >= 0.6 is 39.3 Å². The van der Waals surface area contributed by atoms with Crippen LogP contribution in [0.3, 0.4) is 0 Å². The summed E-state index contributed by atoms with van der Waals surface area (Å²) in [6.07, 6.45) is 1.85. The van der Waals surface area contributed by atoms with Crippen molar-refractivity contribution in [2.75, 3.05) is 0 Å². The molecule has 0 N–H and O–H groups in total. The summed E-state index contributed by atoms with van der Waals surface area (Å²) in [7, 11) is 0. The second-order valence-electron chi connectivity index (χ2n) is 8.67. The first kappa shape index (κ1) is 26.3. The number of hydrogen-bond donors (Lipinski definition) is 0. The average Bonchev–Trinajstić information content (AvgIpc) is 3.22. The number of hydrogen-bond acceptors (Lipinski definition) is 4. The van der Waals surface area contributed by atoms with Crippen LogP contribution in [-0.2, 0) is 24.5 Å². The van der Waals surface area contributed by atoms with E-state index in [1.165, 1.54) is 11.8 Å². The third-order valence-electron chi connectivity index (χ3n) is 5.88. The molecule has 0 bridgehead atoms. The van der Waals surface area contributed by atoms with Gasteiger partial charge in [0.2, 0.25) is 0 Å². The van der Waals surface area contributed by atoms with E-state index in [1.807, 2.05) is 103 Å². The summed E-state index contributed by atoms with van der Waals surface area (Å²) in [6, 6.07) is 33.4. The van der Waals surface area contributed by atoms with E-state index < -0.39 is 0 Å². The zero-order valence-electron chi connectivity index (χ0n) is 20.4. The number of nitrogens with zero attached hydrogens (tertiary/aromatic N) is 2. The van der Waals surface area contributed by atoms with Gasteiger partial charge in [-0.2, -0.15) is 0 Å². The maximum absolute atomic E-state index is 13.6. The zero-order valence-corrected chi connectivity index (χ0v) is 23.5. The Morgan fingerprint density at radius 1 is 0.868 bits per heavy atom. The Morgan fingerprint density at radius 2 is 1.55 bits per heavy atom. The topological polar surface area (TPSA) is 41.9 Å². The number of amides is 1. The van der Waals surface area contributed by atoms with E-state index in [4.69, 9.17) is 21.3 Å². The molecule has 0 unspecified atom stereocenters. The molecule has 38 heavy (non-hydrogen) atoms. The largest absolute Gasteiger partial charge is 0.488 e. The maximum Gasteiger partial charge on any atom is 0.267 e. The molecule has 7 heteroatoms. The fourth-order valence-electron chi connectivity index (χ4n) is 3.92. The Bertz CT molecular complexity index is 1480. The first-order valence-corrected chi connectivity index (χ1v) is 14.0. The molecule has 4 aromatic carbocycles. The fourth-order valence-corrected chi connectivity index (χ4v) is 5.33. The van der Waals surface area contributed by atoms with Gasteiger partial charge in [0, 0.05) is 15.1 Å². The molecule has 0 atom stereocenters. The van der Waals surface area contributed by atoms with Crippen molar-refractivity contribution in [3.8, 4) is 5.75 Å². The number of benzene rings is 4. The molecule has 0 radical (unpaired) electrons. The molecule has 5 rings (SSSR count). The number of carbonyl (C=O) groups is 1. The highest BCUT2D eigenvalue weighted by Gasteiger charge is 2.33. The minimum atomic E-state index is -0.0931. The minimum absolute atomic E-state index is 0.0931. The van der Waals surface area contributed by atoms with Crippen molar-refractivity contribution in [2.24, 2.45) is 4.99 Å².